The Bertz CT molecular complexity index is 373. The van der Waals surface area contributed by atoms with E-state index in [0.717, 1.165) is 18.7 Å². The van der Waals surface area contributed by atoms with E-state index in [-0.39, 0.29) is 5.41 Å². The van der Waals surface area contributed by atoms with Gasteiger partial charge in [-0.1, -0.05) is 40.2 Å². The molecule has 1 aliphatic rings. The van der Waals surface area contributed by atoms with Crippen LogP contribution in [-0.2, 0) is 0 Å². The van der Waals surface area contributed by atoms with E-state index in [0.29, 0.717) is 12.0 Å². The zero-order valence-electron chi connectivity index (χ0n) is 10.7. The molecule has 0 fully saturated rings. The summed E-state index contributed by atoms with van der Waals surface area (Å²) < 4.78 is 5.95. The molecule has 2 heteroatoms. The fraction of sp³-hybridized carbons (Fsp3) is 0.643. The zero-order chi connectivity index (χ0) is 11.8. The molecule has 1 aromatic rings. The van der Waals surface area contributed by atoms with Crippen LogP contribution in [0, 0.1) is 5.41 Å². The average molecular weight is 219 g/mol. The Morgan fingerprint density at radius 2 is 2.12 bits per heavy atom. The first kappa shape index (κ1) is 11.4. The molecule has 0 aliphatic carbocycles. The van der Waals surface area contributed by atoms with Gasteiger partial charge in [-0.15, -0.1) is 0 Å². The summed E-state index contributed by atoms with van der Waals surface area (Å²) in [6, 6.07) is 4.18. The predicted octanol–water partition coefficient (Wildman–Crippen LogP) is 3.77. The van der Waals surface area contributed by atoms with Crippen LogP contribution in [0.5, 0.6) is 5.88 Å². The predicted molar refractivity (Wildman–Crippen MR) is 65.8 cm³/mol. The molecule has 0 saturated heterocycles. The van der Waals surface area contributed by atoms with Gasteiger partial charge in [0.2, 0.25) is 5.88 Å². The molecule has 0 radical (unpaired) electrons. The standard InChI is InChI=1S/C14H21NO/c1-5-11-12(14(3,4)6-2)10-8-7-9-15-13(10)16-11/h7-9,11-12H,5-6H2,1-4H3. The van der Waals surface area contributed by atoms with E-state index in [9.17, 15) is 0 Å². The van der Waals surface area contributed by atoms with Gasteiger partial charge in [-0.3, -0.25) is 0 Å². The number of fused-ring (bicyclic) bond motifs is 1. The van der Waals surface area contributed by atoms with Crippen molar-refractivity contribution in [3.05, 3.63) is 23.9 Å². The van der Waals surface area contributed by atoms with Gasteiger partial charge in [0.05, 0.1) is 0 Å². The van der Waals surface area contributed by atoms with E-state index in [1.54, 1.807) is 0 Å². The van der Waals surface area contributed by atoms with Gasteiger partial charge >= 0.3 is 0 Å². The molecule has 1 aromatic heterocycles. The highest BCUT2D eigenvalue weighted by atomic mass is 16.5. The maximum atomic E-state index is 5.95. The van der Waals surface area contributed by atoms with E-state index in [2.05, 4.69) is 38.7 Å². The number of nitrogens with zero attached hydrogens (tertiary/aromatic N) is 1. The molecule has 88 valence electrons. The largest absolute Gasteiger partial charge is 0.473 e. The van der Waals surface area contributed by atoms with Gasteiger partial charge in [0.1, 0.15) is 6.10 Å². The Kier molecular flexibility index (Phi) is 2.92. The van der Waals surface area contributed by atoms with Crippen LogP contribution >= 0.6 is 0 Å². The third-order valence-electron chi connectivity index (χ3n) is 3.93. The quantitative estimate of drug-likeness (QED) is 0.772. The van der Waals surface area contributed by atoms with Crippen LogP contribution in [0.3, 0.4) is 0 Å². The van der Waals surface area contributed by atoms with Crippen molar-refractivity contribution in [1.29, 1.82) is 0 Å². The molecular weight excluding hydrogens is 198 g/mol. The van der Waals surface area contributed by atoms with Crippen LogP contribution < -0.4 is 4.74 Å². The second-order valence-electron chi connectivity index (χ2n) is 5.28. The molecule has 0 aromatic carbocycles. The first-order chi connectivity index (χ1) is 7.60. The Hall–Kier alpha value is -1.05. The lowest BCUT2D eigenvalue weighted by Crippen LogP contribution is -2.30. The van der Waals surface area contributed by atoms with Crippen LogP contribution in [0.2, 0.25) is 0 Å². The third kappa shape index (κ3) is 1.70. The molecule has 0 N–H and O–H groups in total. The van der Waals surface area contributed by atoms with Crippen molar-refractivity contribution in [2.45, 2.75) is 52.6 Å². The van der Waals surface area contributed by atoms with Crippen LogP contribution in [0.25, 0.3) is 0 Å². The van der Waals surface area contributed by atoms with E-state index < -0.39 is 0 Å². The summed E-state index contributed by atoms with van der Waals surface area (Å²) in [5, 5.41) is 0. The highest BCUT2D eigenvalue weighted by molar-refractivity contribution is 5.36. The monoisotopic (exact) mass is 219 g/mol. The van der Waals surface area contributed by atoms with Crippen molar-refractivity contribution in [3.63, 3.8) is 0 Å². The van der Waals surface area contributed by atoms with Crippen molar-refractivity contribution in [3.8, 4) is 5.88 Å². The van der Waals surface area contributed by atoms with Crippen molar-refractivity contribution in [2.75, 3.05) is 0 Å². The molecular formula is C14H21NO. The summed E-state index contributed by atoms with van der Waals surface area (Å²) in [5.74, 6) is 1.33. The van der Waals surface area contributed by atoms with Gasteiger partial charge in [0, 0.05) is 17.7 Å². The molecule has 2 nitrogen and oxygen atoms in total. The highest BCUT2D eigenvalue weighted by Gasteiger charge is 2.42. The fourth-order valence-corrected chi connectivity index (χ4v) is 2.61. The molecule has 2 unspecified atom stereocenters. The van der Waals surface area contributed by atoms with Gasteiger partial charge in [-0.05, 0) is 17.9 Å². The lowest BCUT2D eigenvalue weighted by atomic mass is 9.71. The van der Waals surface area contributed by atoms with Crippen LogP contribution in [0.1, 0.15) is 52.0 Å². The van der Waals surface area contributed by atoms with Gasteiger partial charge < -0.3 is 4.74 Å². The van der Waals surface area contributed by atoms with Gasteiger partial charge in [-0.2, -0.15) is 0 Å². The lowest BCUT2D eigenvalue weighted by molar-refractivity contribution is 0.127. The Morgan fingerprint density at radius 3 is 2.75 bits per heavy atom. The number of aromatic nitrogens is 1. The maximum absolute atomic E-state index is 5.95. The smallest absolute Gasteiger partial charge is 0.217 e. The molecule has 0 spiro atoms. The minimum atomic E-state index is 0.273. The second kappa shape index (κ2) is 4.08. The third-order valence-corrected chi connectivity index (χ3v) is 3.93. The molecule has 1 aliphatic heterocycles. The lowest BCUT2D eigenvalue weighted by Gasteiger charge is -2.33. The average Bonchev–Trinajstić information content (AvgIpc) is 2.67. The first-order valence-corrected chi connectivity index (χ1v) is 6.21. The molecule has 0 saturated carbocycles. The number of ether oxygens (including phenoxy) is 1. The number of pyridine rings is 1. The number of hydrogen-bond acceptors (Lipinski definition) is 2. The summed E-state index contributed by atoms with van der Waals surface area (Å²) in [7, 11) is 0. The van der Waals surface area contributed by atoms with Gasteiger partial charge in [-0.25, -0.2) is 4.98 Å². The van der Waals surface area contributed by atoms with E-state index in [4.69, 9.17) is 4.74 Å². The fourth-order valence-electron chi connectivity index (χ4n) is 2.61. The Labute approximate surface area is 98.0 Å². The Balaban J connectivity index is 2.42. The van der Waals surface area contributed by atoms with Crippen LogP contribution in [0.4, 0.5) is 0 Å². The summed E-state index contributed by atoms with van der Waals surface area (Å²) in [6.07, 6.45) is 4.31. The zero-order valence-corrected chi connectivity index (χ0v) is 10.7. The van der Waals surface area contributed by atoms with E-state index >= 15 is 0 Å². The van der Waals surface area contributed by atoms with Crippen LogP contribution in [-0.4, -0.2) is 11.1 Å². The molecule has 2 rings (SSSR count). The molecule has 16 heavy (non-hydrogen) atoms. The van der Waals surface area contributed by atoms with E-state index in [1.165, 1.54) is 5.56 Å². The van der Waals surface area contributed by atoms with Crippen LogP contribution in [0.15, 0.2) is 18.3 Å². The molecule has 0 bridgehead atoms. The molecule has 0 amide bonds. The van der Waals surface area contributed by atoms with Gasteiger partial charge in [0.15, 0.2) is 0 Å². The van der Waals surface area contributed by atoms with Crippen molar-refractivity contribution in [1.82, 2.24) is 4.98 Å². The topological polar surface area (TPSA) is 22.1 Å². The normalized spacial score (nSPS) is 24.0. The second-order valence-corrected chi connectivity index (χ2v) is 5.28. The van der Waals surface area contributed by atoms with Gasteiger partial charge in [0.25, 0.3) is 0 Å². The minimum absolute atomic E-state index is 0.273. The number of rotatable bonds is 3. The minimum Gasteiger partial charge on any atom is -0.473 e. The summed E-state index contributed by atoms with van der Waals surface area (Å²) in [4.78, 5) is 4.33. The van der Waals surface area contributed by atoms with E-state index in [1.807, 2.05) is 12.3 Å². The summed E-state index contributed by atoms with van der Waals surface area (Å²) >= 11 is 0. The highest BCUT2D eigenvalue weighted by Crippen LogP contribution is 2.49. The van der Waals surface area contributed by atoms with Crippen molar-refractivity contribution in [2.24, 2.45) is 5.41 Å². The Morgan fingerprint density at radius 1 is 1.38 bits per heavy atom. The summed E-state index contributed by atoms with van der Waals surface area (Å²) in [5.41, 5.74) is 1.57. The molecule has 2 atom stereocenters. The maximum Gasteiger partial charge on any atom is 0.217 e. The summed E-state index contributed by atoms with van der Waals surface area (Å²) in [6.45, 7) is 9.09. The van der Waals surface area contributed by atoms with Crippen molar-refractivity contribution >= 4 is 0 Å². The first-order valence-electron chi connectivity index (χ1n) is 6.21. The number of hydrogen-bond donors (Lipinski definition) is 0. The molecule has 2 heterocycles. The van der Waals surface area contributed by atoms with Crippen molar-refractivity contribution < 1.29 is 4.74 Å². The SMILES string of the molecule is CCC1Oc2ncccc2C1C(C)(C)CC.